The summed E-state index contributed by atoms with van der Waals surface area (Å²) in [5, 5.41) is 0. The summed E-state index contributed by atoms with van der Waals surface area (Å²) >= 11 is 0. The third kappa shape index (κ3) is 1.97. The van der Waals surface area contributed by atoms with Crippen molar-refractivity contribution >= 4 is 0 Å². The maximum absolute atomic E-state index is 3.76. The highest BCUT2D eigenvalue weighted by atomic mass is 14.6. The molecule has 1 heteroatoms. The van der Waals surface area contributed by atoms with Gasteiger partial charge in [-0.25, -0.2) is 0 Å². The zero-order valence-electron chi connectivity index (χ0n) is 4.28. The standard InChI is InChI=1S/C5H11N/c1-3-5(6)4-2/h3,5H,1,4,6H2,2H3/p+1. The predicted molar refractivity (Wildman–Crippen MR) is 27.2 cm³/mol. The van der Waals surface area contributed by atoms with Gasteiger partial charge in [0.15, 0.2) is 0 Å². The van der Waals surface area contributed by atoms with Crippen molar-refractivity contribution in [1.29, 1.82) is 0 Å². The smallest absolute Gasteiger partial charge is 0.102 e. The molecule has 0 aliphatic heterocycles. The first-order valence-electron chi connectivity index (χ1n) is 2.27. The predicted octanol–water partition coefficient (Wildman–Crippen LogP) is 0.193. The molecular formula is C5H12N+. The average Bonchev–Trinajstić information content (AvgIpc) is 1.65. The highest BCUT2D eigenvalue weighted by Crippen LogP contribution is 1.79. The van der Waals surface area contributed by atoms with Gasteiger partial charge in [0.1, 0.15) is 6.04 Å². The third-order valence-electron chi connectivity index (χ3n) is 0.858. The van der Waals surface area contributed by atoms with E-state index in [1.165, 1.54) is 0 Å². The van der Waals surface area contributed by atoms with Gasteiger partial charge in [0.05, 0.1) is 0 Å². The van der Waals surface area contributed by atoms with Gasteiger partial charge < -0.3 is 5.73 Å². The summed E-state index contributed by atoms with van der Waals surface area (Å²) in [5.41, 5.74) is 3.76. The molecular weight excluding hydrogens is 74.1 g/mol. The Morgan fingerprint density at radius 3 is 2.50 bits per heavy atom. The Balaban J connectivity index is 2.96. The molecule has 0 saturated heterocycles. The van der Waals surface area contributed by atoms with Crippen molar-refractivity contribution in [2.45, 2.75) is 19.4 Å². The van der Waals surface area contributed by atoms with Crippen LogP contribution in [0, 0.1) is 0 Å². The Kier molecular flexibility index (Phi) is 2.77. The molecule has 0 aromatic carbocycles. The molecule has 0 amide bonds. The fourth-order valence-corrected chi connectivity index (χ4v) is 0.167. The number of hydrogen-bond donors (Lipinski definition) is 1. The van der Waals surface area contributed by atoms with Gasteiger partial charge in [-0.15, -0.1) is 0 Å². The van der Waals surface area contributed by atoms with Crippen LogP contribution >= 0.6 is 0 Å². The van der Waals surface area contributed by atoms with E-state index in [2.05, 4.69) is 19.2 Å². The Morgan fingerprint density at radius 2 is 2.50 bits per heavy atom. The molecule has 0 aromatic rings. The van der Waals surface area contributed by atoms with Gasteiger partial charge in [-0.1, -0.05) is 13.5 Å². The summed E-state index contributed by atoms with van der Waals surface area (Å²) in [6.07, 6.45) is 2.96. The van der Waals surface area contributed by atoms with Crippen LogP contribution in [-0.2, 0) is 0 Å². The van der Waals surface area contributed by atoms with E-state index >= 15 is 0 Å². The van der Waals surface area contributed by atoms with E-state index in [1.54, 1.807) is 0 Å². The number of quaternary nitrogens is 1. The lowest BCUT2D eigenvalue weighted by Gasteiger charge is -1.90. The van der Waals surface area contributed by atoms with E-state index in [4.69, 9.17) is 0 Å². The van der Waals surface area contributed by atoms with Crippen LogP contribution in [0.2, 0.25) is 0 Å². The summed E-state index contributed by atoms with van der Waals surface area (Å²) in [6, 6.07) is 0.449. The van der Waals surface area contributed by atoms with E-state index in [0.29, 0.717) is 6.04 Å². The first kappa shape index (κ1) is 5.70. The monoisotopic (exact) mass is 86.1 g/mol. The largest absolute Gasteiger partial charge is 0.352 e. The second-order valence-electron chi connectivity index (χ2n) is 1.40. The van der Waals surface area contributed by atoms with Gasteiger partial charge in [0, 0.05) is 6.42 Å². The minimum atomic E-state index is 0.449. The minimum absolute atomic E-state index is 0.449. The second-order valence-corrected chi connectivity index (χ2v) is 1.40. The molecule has 0 aliphatic carbocycles. The first-order chi connectivity index (χ1) is 2.81. The van der Waals surface area contributed by atoms with Gasteiger partial charge in [0.2, 0.25) is 0 Å². The fourth-order valence-electron chi connectivity index (χ4n) is 0.167. The topological polar surface area (TPSA) is 27.6 Å². The summed E-state index contributed by atoms with van der Waals surface area (Å²) < 4.78 is 0. The molecule has 3 N–H and O–H groups in total. The van der Waals surface area contributed by atoms with E-state index in [0.717, 1.165) is 6.42 Å². The molecule has 1 atom stereocenters. The first-order valence-corrected chi connectivity index (χ1v) is 2.27. The van der Waals surface area contributed by atoms with Gasteiger partial charge >= 0.3 is 0 Å². The molecule has 0 rings (SSSR count). The van der Waals surface area contributed by atoms with E-state index < -0.39 is 0 Å². The molecule has 0 aliphatic rings. The maximum Gasteiger partial charge on any atom is 0.102 e. The fraction of sp³-hybridized carbons (Fsp3) is 0.600. The zero-order chi connectivity index (χ0) is 4.99. The van der Waals surface area contributed by atoms with E-state index in [-0.39, 0.29) is 0 Å². The molecule has 0 aromatic heterocycles. The van der Waals surface area contributed by atoms with Gasteiger partial charge in [-0.05, 0) is 6.08 Å². The normalized spacial score (nSPS) is 13.7. The quantitative estimate of drug-likeness (QED) is 0.465. The Labute approximate surface area is 38.8 Å². The molecule has 0 spiro atoms. The van der Waals surface area contributed by atoms with Crippen LogP contribution in [0.1, 0.15) is 13.3 Å². The van der Waals surface area contributed by atoms with E-state index in [9.17, 15) is 0 Å². The molecule has 0 fully saturated rings. The van der Waals surface area contributed by atoms with Crippen LogP contribution in [0.15, 0.2) is 12.7 Å². The Hall–Kier alpha value is -0.300. The molecule has 0 saturated carbocycles. The average molecular weight is 86.2 g/mol. The molecule has 36 valence electrons. The van der Waals surface area contributed by atoms with Crippen LogP contribution in [-0.4, -0.2) is 6.04 Å². The summed E-state index contributed by atoms with van der Waals surface area (Å²) in [7, 11) is 0. The maximum atomic E-state index is 3.76. The number of hydrogen-bond acceptors (Lipinski definition) is 0. The lowest BCUT2D eigenvalue weighted by atomic mass is 10.2. The van der Waals surface area contributed by atoms with Crippen molar-refractivity contribution in [3.63, 3.8) is 0 Å². The molecule has 0 radical (unpaired) electrons. The van der Waals surface area contributed by atoms with Crippen LogP contribution in [0.5, 0.6) is 0 Å². The molecule has 1 nitrogen and oxygen atoms in total. The van der Waals surface area contributed by atoms with Gasteiger partial charge in [-0.3, -0.25) is 0 Å². The Bertz CT molecular complexity index is 41.2. The zero-order valence-corrected chi connectivity index (χ0v) is 4.28. The second kappa shape index (κ2) is 2.91. The summed E-state index contributed by atoms with van der Waals surface area (Å²) in [4.78, 5) is 0. The third-order valence-corrected chi connectivity index (χ3v) is 0.858. The van der Waals surface area contributed by atoms with Crippen molar-refractivity contribution in [2.24, 2.45) is 0 Å². The van der Waals surface area contributed by atoms with Crippen molar-refractivity contribution in [1.82, 2.24) is 0 Å². The lowest BCUT2D eigenvalue weighted by molar-refractivity contribution is -0.403. The lowest BCUT2D eigenvalue weighted by Crippen LogP contribution is -2.59. The molecule has 6 heavy (non-hydrogen) atoms. The van der Waals surface area contributed by atoms with Crippen molar-refractivity contribution in [3.05, 3.63) is 12.7 Å². The highest BCUT2D eigenvalue weighted by molar-refractivity contribution is 4.74. The summed E-state index contributed by atoms with van der Waals surface area (Å²) in [5.74, 6) is 0. The van der Waals surface area contributed by atoms with Crippen LogP contribution in [0.25, 0.3) is 0 Å². The van der Waals surface area contributed by atoms with Crippen molar-refractivity contribution in [2.75, 3.05) is 0 Å². The van der Waals surface area contributed by atoms with E-state index in [1.807, 2.05) is 6.08 Å². The SMILES string of the molecule is C=CC([NH3+])CC. The van der Waals surface area contributed by atoms with Crippen LogP contribution in [0.3, 0.4) is 0 Å². The Morgan fingerprint density at radius 1 is 2.00 bits per heavy atom. The van der Waals surface area contributed by atoms with Gasteiger partial charge in [-0.2, -0.15) is 0 Å². The molecule has 1 unspecified atom stereocenters. The van der Waals surface area contributed by atoms with Crippen molar-refractivity contribution < 1.29 is 5.73 Å². The number of rotatable bonds is 2. The molecule has 0 heterocycles. The minimum Gasteiger partial charge on any atom is -0.352 e. The summed E-state index contributed by atoms with van der Waals surface area (Å²) in [6.45, 7) is 5.67. The highest BCUT2D eigenvalue weighted by Gasteiger charge is 1.88. The van der Waals surface area contributed by atoms with Gasteiger partial charge in [0.25, 0.3) is 0 Å². The molecule has 0 bridgehead atoms. The van der Waals surface area contributed by atoms with Crippen molar-refractivity contribution in [3.8, 4) is 0 Å². The van der Waals surface area contributed by atoms with Crippen LogP contribution in [0.4, 0.5) is 0 Å². The van der Waals surface area contributed by atoms with Crippen LogP contribution < -0.4 is 5.73 Å².